The van der Waals surface area contributed by atoms with E-state index in [1.54, 1.807) is 26.0 Å². The van der Waals surface area contributed by atoms with E-state index in [1.807, 2.05) is 0 Å². The van der Waals surface area contributed by atoms with Crippen molar-refractivity contribution in [3.8, 4) is 5.88 Å². The number of primary amides is 1. The summed E-state index contributed by atoms with van der Waals surface area (Å²) in [6, 6.07) is 3.15. The Bertz CT molecular complexity index is 3610. The van der Waals surface area contributed by atoms with Crippen LogP contribution in [0.15, 0.2) is 49.6 Å². The van der Waals surface area contributed by atoms with Crippen LogP contribution in [0.2, 0.25) is 0 Å². The first-order valence-corrected chi connectivity index (χ1v) is 42.2. The SMILES string of the molecule is CCCCCCCCCCCCCC(=O)OC(CCCCCCCCCCCCC)CC(=O)N[C@H](C(=O)N[C@@H](CCCNC(N)=O)C(=O)Nc1ccc(CSP2(=O)OC[C@H]3O[C@@H](n4cnc5c(N)ncnc54)[C@H](F)[C@@H]3OP(=O)(S)OC[C@H]3O[C@@H](n4cnc5c(O)ncnc54)[C@H](F)[C@@H]3O2)cc1)C(C)C. The first kappa shape index (κ1) is 82.5. The molecule has 13 atom stereocenters. The van der Waals surface area contributed by atoms with Crippen molar-refractivity contribution in [3.05, 3.63) is 55.1 Å². The Labute approximate surface area is 609 Å². The number of halogens is 2. The van der Waals surface area contributed by atoms with E-state index < -0.39 is 130 Å². The number of unbranched alkanes of at least 4 members (excludes halogenated alkanes) is 20. The van der Waals surface area contributed by atoms with Crippen molar-refractivity contribution in [2.45, 2.75) is 274 Å². The molecule has 103 heavy (non-hydrogen) atoms. The summed E-state index contributed by atoms with van der Waals surface area (Å²) in [5.74, 6) is -3.26. The van der Waals surface area contributed by atoms with Gasteiger partial charge in [-0.2, -0.15) is 4.98 Å². The molecule has 0 radical (unpaired) electrons. The fraction of sp³-hybridized carbons (Fsp3) is 0.691. The van der Waals surface area contributed by atoms with Gasteiger partial charge in [-0.05, 0) is 67.1 Å². The summed E-state index contributed by atoms with van der Waals surface area (Å²) in [5.41, 5.74) is 12.2. The minimum absolute atomic E-state index is 0.00616. The molecular formula is C68H104F2N14O15P2S2. The van der Waals surface area contributed by atoms with Gasteiger partial charge >= 0.3 is 25.6 Å². The molecule has 3 fully saturated rings. The molecule has 29 nitrogen and oxygen atoms in total. The number of urea groups is 1. The number of amides is 5. The smallest absolute Gasteiger partial charge is 0.389 e. The second-order valence-corrected chi connectivity index (χ2v) is 33.8. The Morgan fingerprint density at radius 3 is 1.80 bits per heavy atom. The molecule has 5 aromatic rings. The third kappa shape index (κ3) is 25.3. The van der Waals surface area contributed by atoms with Gasteiger partial charge in [0.2, 0.25) is 23.6 Å². The van der Waals surface area contributed by atoms with Crippen LogP contribution in [0, 0.1) is 5.92 Å². The van der Waals surface area contributed by atoms with Crippen molar-refractivity contribution in [2.75, 3.05) is 30.8 Å². The van der Waals surface area contributed by atoms with Gasteiger partial charge in [-0.25, -0.2) is 47.6 Å². The molecule has 3 saturated heterocycles. The number of hydrogen-bond donors (Lipinski definition) is 8. The molecule has 1 aromatic carbocycles. The fourth-order valence-electron chi connectivity index (χ4n) is 12.7. The van der Waals surface area contributed by atoms with Crippen LogP contribution >= 0.6 is 37.2 Å². The van der Waals surface area contributed by atoms with Gasteiger partial charge in [-0.3, -0.25) is 46.4 Å². The zero-order chi connectivity index (χ0) is 73.9. The molecular weight excluding hydrogens is 1420 g/mol. The predicted molar refractivity (Wildman–Crippen MR) is 389 cm³/mol. The van der Waals surface area contributed by atoms with E-state index >= 15 is 13.3 Å². The number of nitrogens with two attached hydrogens (primary N) is 2. The molecule has 5 amide bonds. The number of nitrogen functional groups attached to an aromatic ring is 1. The lowest BCUT2D eigenvalue weighted by Crippen LogP contribution is -2.55. The number of aromatic hydroxyl groups is 1. The highest BCUT2D eigenvalue weighted by molar-refractivity contribution is 8.54. The highest BCUT2D eigenvalue weighted by Crippen LogP contribution is 2.65. The number of alkyl halides is 2. The molecule has 3 aliphatic heterocycles. The number of esters is 1. The summed E-state index contributed by atoms with van der Waals surface area (Å²) in [6.45, 7) is -2.85. The summed E-state index contributed by atoms with van der Waals surface area (Å²) in [7, 11) is 0. The third-order valence-corrected chi connectivity index (χ3v) is 23.7. The second kappa shape index (κ2) is 41.7. The molecule has 0 saturated carbocycles. The van der Waals surface area contributed by atoms with Crippen LogP contribution in [0.25, 0.3) is 22.3 Å². The zero-order valence-corrected chi connectivity index (χ0v) is 62.9. The van der Waals surface area contributed by atoms with Crippen LogP contribution in [-0.2, 0) is 66.4 Å². The van der Waals surface area contributed by atoms with Gasteiger partial charge in [0.05, 0.1) is 32.3 Å². The lowest BCUT2D eigenvalue weighted by Gasteiger charge is -2.29. The number of thiol groups is 1. The van der Waals surface area contributed by atoms with Crippen molar-refractivity contribution in [3.63, 3.8) is 0 Å². The Morgan fingerprint density at radius 2 is 1.21 bits per heavy atom. The van der Waals surface area contributed by atoms with Gasteiger partial charge in [0.25, 0.3) is 0 Å². The predicted octanol–water partition coefficient (Wildman–Crippen LogP) is 13.0. The van der Waals surface area contributed by atoms with Crippen LogP contribution in [0.5, 0.6) is 5.88 Å². The van der Waals surface area contributed by atoms with Crippen molar-refractivity contribution >= 4 is 101 Å². The Hall–Kier alpha value is -6.15. The van der Waals surface area contributed by atoms with E-state index in [-0.39, 0.29) is 77.8 Å². The second-order valence-electron chi connectivity index (χ2n) is 26.9. The number of fused-ring (bicyclic) bond motifs is 4. The number of anilines is 2. The average Bonchev–Trinajstić information content (AvgIpc) is 1.62. The average molecular weight is 1520 g/mol. The third-order valence-electron chi connectivity index (χ3n) is 18.4. The molecule has 8 rings (SSSR count). The van der Waals surface area contributed by atoms with Gasteiger partial charge < -0.3 is 52.1 Å². The van der Waals surface area contributed by atoms with Crippen LogP contribution in [0.1, 0.15) is 219 Å². The van der Waals surface area contributed by atoms with Crippen LogP contribution in [-0.4, -0.2) is 149 Å². The molecule has 572 valence electrons. The molecule has 0 spiro atoms. The number of hydrogen-bond acceptors (Lipinski definition) is 23. The van der Waals surface area contributed by atoms with Crippen LogP contribution in [0.3, 0.4) is 0 Å². The van der Waals surface area contributed by atoms with Crippen molar-refractivity contribution in [1.82, 2.24) is 55.0 Å². The largest absolute Gasteiger partial charge is 0.492 e. The maximum atomic E-state index is 17.2. The first-order valence-electron chi connectivity index (χ1n) is 36.4. The van der Waals surface area contributed by atoms with Crippen LogP contribution < -0.4 is 32.7 Å². The number of benzene rings is 1. The number of rotatable bonds is 42. The molecule has 9 N–H and O–H groups in total. The standard InChI is InChI=1S/C68H104F2N14O15P2S2/c1-5-7-9-11-13-15-17-19-21-23-25-28-47(95-52(86)30-26-24-22-20-18-16-14-12-10-8-6-2)36-51(85)82-55(44(3)4)65(89)81-48(29-27-35-73-68(72)90)63(87)80-46-33-31-45(32-34-46)39-103-101(92)94-38-50-58(53(69)66(97-50)83-42-78-56-60(71)74-40-75-61(56)83)98-100(91,102)93-37-49-59(99-101)54(70)67(96-49)84-43-79-57-62(84)76-41-77-64(57)88/h31-34,40-44,47-50,53-55,58-59,66-67H,5-30,35-39H2,1-4H3,(H,80,87)(H,81,89)(H,82,85)(H,91,102)(H2,71,74,75)(H3,72,73,90)(H,76,77,88)/t47?,48-,49+,50+,53+,54+,55-,58+,59+,66+,67+,100?,101?/m0/s1. The summed E-state index contributed by atoms with van der Waals surface area (Å²) in [5, 5.41) is 21.4. The number of ether oxygens (including phenoxy) is 3. The van der Waals surface area contributed by atoms with E-state index in [9.17, 15) is 33.6 Å². The quantitative estimate of drug-likeness (QED) is 0.00778. The number of nitrogens with zero attached hydrogens (tertiary/aromatic N) is 8. The number of carbonyl (C=O) groups is 5. The van der Waals surface area contributed by atoms with E-state index in [0.717, 1.165) is 68.5 Å². The highest BCUT2D eigenvalue weighted by Gasteiger charge is 2.55. The molecule has 35 heteroatoms. The molecule has 0 bridgehead atoms. The van der Waals surface area contributed by atoms with Gasteiger partial charge in [-0.15, -0.1) is 0 Å². The van der Waals surface area contributed by atoms with Crippen molar-refractivity contribution in [2.24, 2.45) is 11.7 Å². The molecule has 7 heterocycles. The number of carbonyl (C=O) groups excluding carboxylic acids is 5. The minimum Gasteiger partial charge on any atom is -0.492 e. The van der Waals surface area contributed by atoms with Gasteiger partial charge in [-0.1, -0.05) is 180 Å². The molecule has 3 aliphatic rings. The Kier molecular flexibility index (Phi) is 33.4. The van der Waals surface area contributed by atoms with Gasteiger partial charge in [0, 0.05) is 24.4 Å². The summed E-state index contributed by atoms with van der Waals surface area (Å²) < 4.78 is 108. The fourth-order valence-corrected chi connectivity index (χ4v) is 17.6. The van der Waals surface area contributed by atoms with E-state index in [4.69, 9.17) is 43.8 Å². The number of imidazole rings is 2. The van der Waals surface area contributed by atoms with Gasteiger partial charge in [0.15, 0.2) is 47.4 Å². The van der Waals surface area contributed by atoms with Gasteiger partial charge in [0.1, 0.15) is 60.8 Å². The first-order chi connectivity index (χ1) is 49.6. The number of aromatic nitrogens is 8. The zero-order valence-electron chi connectivity index (χ0n) is 59.4. The highest BCUT2D eigenvalue weighted by atomic mass is 32.7. The van der Waals surface area contributed by atoms with E-state index in [2.05, 4.69) is 77.3 Å². The summed E-state index contributed by atoms with van der Waals surface area (Å²) in [4.78, 5) is 91.8. The monoisotopic (exact) mass is 1520 g/mol. The molecule has 4 aromatic heterocycles. The lowest BCUT2D eigenvalue weighted by molar-refractivity contribution is -0.151. The van der Waals surface area contributed by atoms with Crippen molar-refractivity contribution < 1.29 is 79.3 Å². The summed E-state index contributed by atoms with van der Waals surface area (Å²) >= 11 is 4.75. The summed E-state index contributed by atoms with van der Waals surface area (Å²) in [6.07, 6.45) is 15.5. The lowest BCUT2D eigenvalue weighted by atomic mass is 10.0. The maximum Gasteiger partial charge on any atom is 0.389 e. The van der Waals surface area contributed by atoms with E-state index in [0.29, 0.717) is 29.8 Å². The van der Waals surface area contributed by atoms with E-state index in [1.165, 1.54) is 113 Å². The normalized spacial score (nSPS) is 23.8. The number of nitrogens with one attached hydrogen (secondary N) is 4. The van der Waals surface area contributed by atoms with Crippen LogP contribution in [0.4, 0.5) is 25.1 Å². The minimum atomic E-state index is -4.71. The Balaban J connectivity index is 0.920. The molecule has 0 aliphatic carbocycles. The molecule has 3 unspecified atom stereocenters. The van der Waals surface area contributed by atoms with Crippen molar-refractivity contribution in [1.29, 1.82) is 0 Å². The maximum absolute atomic E-state index is 17.2. The topological polar surface area (TPSA) is 392 Å². The Morgan fingerprint density at radius 1 is 0.680 bits per heavy atom.